The molecule has 1 amide bonds. The van der Waals surface area contributed by atoms with E-state index in [-0.39, 0.29) is 30.4 Å². The SMILES string of the molecule is CCOc1ncc(-c2noc(C3CCN(C(=O)CCC(=O)c4ccccc4)CC3)n2)cc1OC. The van der Waals surface area contributed by atoms with Gasteiger partial charge in [-0.05, 0) is 25.8 Å². The molecule has 3 aromatic rings. The summed E-state index contributed by atoms with van der Waals surface area (Å²) in [5.74, 6) is 1.97. The molecule has 0 bridgehead atoms. The smallest absolute Gasteiger partial charge is 0.256 e. The maximum atomic E-state index is 12.6. The van der Waals surface area contributed by atoms with Crippen LogP contribution in [0.5, 0.6) is 11.6 Å². The number of ketones is 1. The Morgan fingerprint density at radius 3 is 2.62 bits per heavy atom. The molecule has 4 rings (SSSR count). The van der Waals surface area contributed by atoms with Crippen LogP contribution < -0.4 is 9.47 Å². The van der Waals surface area contributed by atoms with Crippen LogP contribution in [0.15, 0.2) is 47.1 Å². The van der Waals surface area contributed by atoms with Crippen LogP contribution in [-0.2, 0) is 4.79 Å². The quantitative estimate of drug-likeness (QED) is 0.439. The van der Waals surface area contributed by atoms with Gasteiger partial charge in [-0.3, -0.25) is 9.59 Å². The first-order chi connectivity index (χ1) is 16.6. The molecule has 1 aromatic carbocycles. The van der Waals surface area contributed by atoms with Gasteiger partial charge in [0, 0.05) is 49.2 Å². The van der Waals surface area contributed by atoms with E-state index >= 15 is 0 Å². The molecule has 34 heavy (non-hydrogen) atoms. The number of hydrogen-bond acceptors (Lipinski definition) is 8. The lowest BCUT2D eigenvalue weighted by atomic mass is 9.96. The molecule has 1 saturated heterocycles. The highest BCUT2D eigenvalue weighted by molar-refractivity contribution is 5.97. The molecule has 9 heteroatoms. The second-order valence-electron chi connectivity index (χ2n) is 8.06. The van der Waals surface area contributed by atoms with Crippen LogP contribution in [0.2, 0.25) is 0 Å². The van der Waals surface area contributed by atoms with Crippen molar-refractivity contribution in [1.29, 1.82) is 0 Å². The number of hydrogen-bond donors (Lipinski definition) is 0. The highest BCUT2D eigenvalue weighted by Gasteiger charge is 2.28. The lowest BCUT2D eigenvalue weighted by Crippen LogP contribution is -2.38. The largest absolute Gasteiger partial charge is 0.491 e. The monoisotopic (exact) mass is 464 g/mol. The summed E-state index contributed by atoms with van der Waals surface area (Å²) in [5.41, 5.74) is 1.31. The molecular weight excluding hydrogens is 436 g/mol. The highest BCUT2D eigenvalue weighted by atomic mass is 16.5. The average Bonchev–Trinajstić information content (AvgIpc) is 3.38. The molecule has 9 nitrogen and oxygen atoms in total. The molecule has 1 aliphatic rings. The highest BCUT2D eigenvalue weighted by Crippen LogP contribution is 2.32. The fraction of sp³-hybridized carbons (Fsp3) is 0.400. The van der Waals surface area contributed by atoms with Gasteiger partial charge in [0.2, 0.25) is 17.6 Å². The van der Waals surface area contributed by atoms with Gasteiger partial charge in [-0.1, -0.05) is 35.5 Å². The summed E-state index contributed by atoms with van der Waals surface area (Å²) >= 11 is 0. The number of Topliss-reactive ketones (excluding diaryl/α,β-unsaturated/α-hetero) is 1. The van der Waals surface area contributed by atoms with Gasteiger partial charge in [-0.2, -0.15) is 4.98 Å². The van der Waals surface area contributed by atoms with Gasteiger partial charge >= 0.3 is 0 Å². The third kappa shape index (κ3) is 5.41. The molecule has 0 spiro atoms. The van der Waals surface area contributed by atoms with Crippen molar-refractivity contribution in [2.75, 3.05) is 26.8 Å². The van der Waals surface area contributed by atoms with Crippen LogP contribution >= 0.6 is 0 Å². The lowest BCUT2D eigenvalue weighted by Gasteiger charge is -2.30. The molecule has 1 fully saturated rings. The van der Waals surface area contributed by atoms with E-state index in [1.807, 2.05) is 30.0 Å². The van der Waals surface area contributed by atoms with Crippen LogP contribution in [-0.4, -0.2) is 58.5 Å². The Bertz CT molecular complexity index is 1120. The maximum absolute atomic E-state index is 12.6. The maximum Gasteiger partial charge on any atom is 0.256 e. The summed E-state index contributed by atoms with van der Waals surface area (Å²) in [6, 6.07) is 10.8. The van der Waals surface area contributed by atoms with Crippen LogP contribution in [0.1, 0.15) is 54.8 Å². The van der Waals surface area contributed by atoms with E-state index in [4.69, 9.17) is 14.0 Å². The number of benzene rings is 1. The minimum absolute atomic E-state index is 0.00139. The number of likely N-dealkylation sites (tertiary alicyclic amines) is 1. The molecule has 0 N–H and O–H groups in total. The Labute approximate surface area is 198 Å². The van der Waals surface area contributed by atoms with Crippen molar-refractivity contribution in [3.63, 3.8) is 0 Å². The van der Waals surface area contributed by atoms with Gasteiger partial charge in [0.15, 0.2) is 11.5 Å². The predicted molar refractivity (Wildman–Crippen MR) is 124 cm³/mol. The minimum Gasteiger partial charge on any atom is -0.491 e. The van der Waals surface area contributed by atoms with Crippen molar-refractivity contribution in [3.8, 4) is 23.0 Å². The average molecular weight is 465 g/mol. The summed E-state index contributed by atoms with van der Waals surface area (Å²) in [5, 5.41) is 4.10. The second-order valence-corrected chi connectivity index (χ2v) is 8.06. The number of ether oxygens (including phenoxy) is 2. The molecule has 0 aliphatic carbocycles. The number of carbonyl (C=O) groups is 2. The van der Waals surface area contributed by atoms with Crippen molar-refractivity contribution < 1.29 is 23.6 Å². The standard InChI is InChI=1S/C25H28N4O5/c1-3-33-25-21(32-2)15-19(16-26-25)23-27-24(34-28-23)18-11-13-29(14-12-18)22(31)10-9-20(30)17-7-5-4-6-8-17/h4-8,15-16,18H,3,9-14H2,1-2H3. The van der Waals surface area contributed by atoms with E-state index < -0.39 is 0 Å². The van der Waals surface area contributed by atoms with E-state index in [0.717, 1.165) is 12.8 Å². The van der Waals surface area contributed by atoms with E-state index in [1.54, 1.807) is 31.5 Å². The lowest BCUT2D eigenvalue weighted by molar-refractivity contribution is -0.132. The number of piperidine rings is 1. The summed E-state index contributed by atoms with van der Waals surface area (Å²) in [4.78, 5) is 35.5. The van der Waals surface area contributed by atoms with Gasteiger partial charge in [-0.25, -0.2) is 4.98 Å². The van der Waals surface area contributed by atoms with Gasteiger partial charge in [0.05, 0.1) is 13.7 Å². The zero-order valence-electron chi connectivity index (χ0n) is 19.4. The van der Waals surface area contributed by atoms with Gasteiger partial charge in [0.25, 0.3) is 5.88 Å². The van der Waals surface area contributed by atoms with Crippen molar-refractivity contribution in [2.45, 2.75) is 38.5 Å². The molecule has 3 heterocycles. The molecule has 0 unspecified atom stereocenters. The zero-order chi connectivity index (χ0) is 23.9. The van der Waals surface area contributed by atoms with Gasteiger partial charge < -0.3 is 18.9 Å². The van der Waals surface area contributed by atoms with E-state index in [9.17, 15) is 9.59 Å². The summed E-state index contributed by atoms with van der Waals surface area (Å²) < 4.78 is 16.3. The summed E-state index contributed by atoms with van der Waals surface area (Å²) in [6.45, 7) is 3.56. The Balaban J connectivity index is 1.31. The van der Waals surface area contributed by atoms with Crippen LogP contribution in [0, 0.1) is 0 Å². The Kier molecular flexibility index (Phi) is 7.51. The normalized spacial score (nSPS) is 14.1. The third-order valence-electron chi connectivity index (χ3n) is 5.88. The number of pyridine rings is 1. The Hall–Kier alpha value is -3.75. The number of nitrogens with zero attached hydrogens (tertiary/aromatic N) is 4. The molecule has 178 valence electrons. The summed E-state index contributed by atoms with van der Waals surface area (Å²) in [7, 11) is 1.55. The zero-order valence-corrected chi connectivity index (χ0v) is 19.4. The van der Waals surface area contributed by atoms with Crippen LogP contribution in [0.25, 0.3) is 11.4 Å². The first-order valence-corrected chi connectivity index (χ1v) is 11.5. The molecule has 2 aromatic heterocycles. The van der Waals surface area contributed by atoms with Crippen molar-refractivity contribution in [2.24, 2.45) is 0 Å². The number of methoxy groups -OCH3 is 1. The first kappa shape index (κ1) is 23.4. The summed E-state index contributed by atoms with van der Waals surface area (Å²) in [6.07, 6.45) is 3.51. The number of carbonyl (C=O) groups excluding carboxylic acids is 2. The number of amides is 1. The number of aromatic nitrogens is 3. The van der Waals surface area contributed by atoms with E-state index in [2.05, 4.69) is 15.1 Å². The fourth-order valence-corrected chi connectivity index (χ4v) is 3.99. The second kappa shape index (κ2) is 10.9. The van der Waals surface area contributed by atoms with E-state index in [1.165, 1.54) is 0 Å². The predicted octanol–water partition coefficient (Wildman–Crippen LogP) is 3.91. The molecule has 0 atom stereocenters. The van der Waals surface area contributed by atoms with Crippen molar-refractivity contribution in [1.82, 2.24) is 20.0 Å². The molecule has 0 saturated carbocycles. The van der Waals surface area contributed by atoms with E-state index in [0.29, 0.717) is 54.2 Å². The van der Waals surface area contributed by atoms with Crippen LogP contribution in [0.4, 0.5) is 0 Å². The molecular formula is C25H28N4O5. The molecule has 0 radical (unpaired) electrons. The van der Waals surface area contributed by atoms with Crippen molar-refractivity contribution in [3.05, 3.63) is 54.0 Å². The van der Waals surface area contributed by atoms with Gasteiger partial charge in [0.1, 0.15) is 0 Å². The first-order valence-electron chi connectivity index (χ1n) is 11.5. The van der Waals surface area contributed by atoms with Crippen molar-refractivity contribution >= 4 is 11.7 Å². The third-order valence-corrected chi connectivity index (χ3v) is 5.88. The Morgan fingerprint density at radius 2 is 1.91 bits per heavy atom. The molecule has 1 aliphatic heterocycles. The minimum atomic E-state index is -0.0114. The van der Waals surface area contributed by atoms with Gasteiger partial charge in [-0.15, -0.1) is 0 Å². The van der Waals surface area contributed by atoms with Crippen LogP contribution in [0.3, 0.4) is 0 Å². The fourth-order valence-electron chi connectivity index (χ4n) is 3.99. The topological polar surface area (TPSA) is 108 Å². The number of rotatable bonds is 9. The Morgan fingerprint density at radius 1 is 1.15 bits per heavy atom.